The predicted molar refractivity (Wildman–Crippen MR) is 152 cm³/mol. The molecule has 1 aliphatic heterocycles. The third-order valence-electron chi connectivity index (χ3n) is 6.21. The lowest BCUT2D eigenvalue weighted by molar-refractivity contribution is 0.112. The largest absolute Gasteiger partial charge is 0.388 e. The molecule has 0 unspecified atom stereocenters. The lowest BCUT2D eigenvalue weighted by Crippen LogP contribution is -2.37. The predicted octanol–water partition coefficient (Wildman–Crippen LogP) is 4.14. The van der Waals surface area contributed by atoms with Crippen LogP contribution in [0.3, 0.4) is 0 Å². The normalized spacial score (nSPS) is 13.4. The Morgan fingerprint density at radius 1 is 1.16 bits per heavy atom. The van der Waals surface area contributed by atoms with E-state index in [4.69, 9.17) is 11.1 Å². The van der Waals surface area contributed by atoms with Crippen LogP contribution in [0.25, 0.3) is 0 Å². The Kier molecular flexibility index (Phi) is 9.76. The fraction of sp³-hybridized carbons (Fsp3) is 0.310. The molecule has 1 aromatic heterocycles. The van der Waals surface area contributed by atoms with Crippen LogP contribution in [-0.2, 0) is 0 Å². The average molecular weight is 498 g/mol. The molecule has 1 fully saturated rings. The molecule has 2 aromatic carbocycles. The Balaban J connectivity index is 0.000000356. The number of nitrogens with one attached hydrogen (secondary N) is 3. The van der Waals surface area contributed by atoms with Crippen molar-refractivity contribution in [3.63, 3.8) is 0 Å². The SMILES string of the molecule is CNc1ccc(C)c(C#CC(=N)c2c(N)ncnc2NC2CCN(C)CC2)c1.Cc1cccc(C=O)c1. The second-order valence-electron chi connectivity index (χ2n) is 9.14. The third kappa shape index (κ3) is 7.89. The molecule has 37 heavy (non-hydrogen) atoms. The van der Waals surface area contributed by atoms with Crippen molar-refractivity contribution in [3.05, 3.63) is 76.6 Å². The quantitative estimate of drug-likeness (QED) is 0.238. The van der Waals surface area contributed by atoms with Gasteiger partial charge in [-0.15, -0.1) is 0 Å². The first-order valence-corrected chi connectivity index (χ1v) is 12.3. The molecule has 8 heteroatoms. The Morgan fingerprint density at radius 3 is 2.57 bits per heavy atom. The van der Waals surface area contributed by atoms with Crippen molar-refractivity contribution < 1.29 is 4.79 Å². The molecule has 0 bridgehead atoms. The molecule has 1 aliphatic rings. The number of hydrogen-bond acceptors (Lipinski definition) is 8. The summed E-state index contributed by atoms with van der Waals surface area (Å²) in [6, 6.07) is 13.8. The first-order valence-electron chi connectivity index (χ1n) is 12.3. The zero-order chi connectivity index (χ0) is 26.8. The number of aryl methyl sites for hydroxylation is 2. The highest BCUT2D eigenvalue weighted by Gasteiger charge is 2.20. The van der Waals surface area contributed by atoms with Gasteiger partial charge in [-0.2, -0.15) is 0 Å². The van der Waals surface area contributed by atoms with E-state index in [0.29, 0.717) is 17.4 Å². The van der Waals surface area contributed by atoms with Crippen molar-refractivity contribution >= 4 is 29.3 Å². The van der Waals surface area contributed by atoms with Gasteiger partial charge >= 0.3 is 0 Å². The van der Waals surface area contributed by atoms with Gasteiger partial charge in [-0.3, -0.25) is 10.2 Å². The number of nitrogens with zero attached hydrogens (tertiary/aromatic N) is 3. The molecule has 3 aromatic rings. The first kappa shape index (κ1) is 27.4. The second kappa shape index (κ2) is 13.2. The minimum Gasteiger partial charge on any atom is -0.388 e. The van der Waals surface area contributed by atoms with Crippen molar-refractivity contribution in [2.45, 2.75) is 32.7 Å². The van der Waals surface area contributed by atoms with Gasteiger partial charge in [0.15, 0.2) is 0 Å². The molecular weight excluding hydrogens is 462 g/mol. The van der Waals surface area contributed by atoms with Gasteiger partial charge in [0.25, 0.3) is 0 Å². The van der Waals surface area contributed by atoms with Crippen molar-refractivity contribution in [3.8, 4) is 11.8 Å². The molecule has 4 rings (SSSR count). The highest BCUT2D eigenvalue weighted by Crippen LogP contribution is 2.22. The number of aromatic nitrogens is 2. The van der Waals surface area contributed by atoms with E-state index in [0.717, 1.165) is 60.2 Å². The highest BCUT2D eigenvalue weighted by molar-refractivity contribution is 6.16. The molecule has 1 saturated heterocycles. The number of carbonyl (C=O) groups is 1. The van der Waals surface area contributed by atoms with E-state index in [1.165, 1.54) is 6.33 Å². The maximum absolute atomic E-state index is 10.2. The zero-order valence-electron chi connectivity index (χ0n) is 21.9. The van der Waals surface area contributed by atoms with Gasteiger partial charge in [-0.05, 0) is 76.5 Å². The van der Waals surface area contributed by atoms with Gasteiger partial charge in [0.1, 0.15) is 30.0 Å². The molecule has 5 N–H and O–H groups in total. The van der Waals surface area contributed by atoms with Crippen molar-refractivity contribution in [1.82, 2.24) is 14.9 Å². The number of aldehydes is 1. The molecule has 0 radical (unpaired) electrons. The van der Waals surface area contributed by atoms with Crippen molar-refractivity contribution in [2.75, 3.05) is 43.6 Å². The number of nitrogens with two attached hydrogens (primary N) is 1. The van der Waals surface area contributed by atoms with E-state index in [9.17, 15) is 4.79 Å². The Bertz CT molecular complexity index is 1300. The molecule has 0 spiro atoms. The Hall–Kier alpha value is -4.22. The van der Waals surface area contributed by atoms with Gasteiger partial charge in [0.2, 0.25) is 0 Å². The minimum absolute atomic E-state index is 0.114. The summed E-state index contributed by atoms with van der Waals surface area (Å²) in [7, 11) is 3.99. The summed E-state index contributed by atoms with van der Waals surface area (Å²) in [5.74, 6) is 6.87. The van der Waals surface area contributed by atoms with E-state index in [-0.39, 0.29) is 11.5 Å². The topological polar surface area (TPSA) is 120 Å². The molecular formula is C29H35N7O. The fourth-order valence-corrected chi connectivity index (χ4v) is 3.95. The summed E-state index contributed by atoms with van der Waals surface area (Å²) in [5, 5.41) is 15.0. The number of anilines is 3. The number of nitrogen functional groups attached to an aromatic ring is 1. The van der Waals surface area contributed by atoms with Crippen LogP contribution in [0.2, 0.25) is 0 Å². The molecule has 0 aliphatic carbocycles. The summed E-state index contributed by atoms with van der Waals surface area (Å²) in [4.78, 5) is 20.9. The number of rotatable bonds is 5. The van der Waals surface area contributed by atoms with E-state index in [2.05, 4.69) is 44.4 Å². The van der Waals surface area contributed by atoms with Gasteiger partial charge in [-0.1, -0.05) is 35.7 Å². The van der Waals surface area contributed by atoms with Crippen molar-refractivity contribution in [2.24, 2.45) is 0 Å². The molecule has 0 saturated carbocycles. The maximum atomic E-state index is 10.2. The zero-order valence-corrected chi connectivity index (χ0v) is 21.9. The lowest BCUT2D eigenvalue weighted by Gasteiger charge is -2.30. The summed E-state index contributed by atoms with van der Waals surface area (Å²) >= 11 is 0. The van der Waals surface area contributed by atoms with Crippen LogP contribution in [0, 0.1) is 31.1 Å². The Morgan fingerprint density at radius 2 is 1.92 bits per heavy atom. The molecule has 0 amide bonds. The van der Waals surface area contributed by atoms with E-state index in [1.54, 1.807) is 6.07 Å². The van der Waals surface area contributed by atoms with E-state index < -0.39 is 0 Å². The minimum atomic E-state index is 0.114. The highest BCUT2D eigenvalue weighted by atomic mass is 16.1. The first-order chi connectivity index (χ1) is 17.8. The lowest BCUT2D eigenvalue weighted by atomic mass is 10.0. The molecule has 192 valence electrons. The fourth-order valence-electron chi connectivity index (χ4n) is 3.95. The molecule has 2 heterocycles. The maximum Gasteiger partial charge on any atom is 0.150 e. The van der Waals surface area contributed by atoms with Gasteiger partial charge in [0.05, 0.1) is 5.56 Å². The number of piperidine rings is 1. The van der Waals surface area contributed by atoms with Crippen LogP contribution in [0.5, 0.6) is 0 Å². The standard InChI is InChI=1S/C21H27N7.C8H8O/c1-14-4-6-17(24-2)12-15(14)5-7-18(22)19-20(23)25-13-26-21(19)27-16-8-10-28(3)11-9-16;1-7-3-2-4-8(5-7)6-9/h4,6,12-13,16,22,24H,8-11H2,1-3H3,(H3,23,25,26,27);2-6H,1H3. The molecule has 0 atom stereocenters. The molecule has 8 nitrogen and oxygen atoms in total. The third-order valence-corrected chi connectivity index (χ3v) is 6.21. The van der Waals surface area contributed by atoms with Crippen LogP contribution in [-0.4, -0.2) is 60.1 Å². The monoisotopic (exact) mass is 497 g/mol. The van der Waals surface area contributed by atoms with E-state index >= 15 is 0 Å². The summed E-state index contributed by atoms with van der Waals surface area (Å²) < 4.78 is 0. The Labute approximate surface area is 219 Å². The van der Waals surface area contributed by atoms with Gasteiger partial charge in [-0.25, -0.2) is 9.97 Å². The summed E-state index contributed by atoms with van der Waals surface area (Å²) in [6.45, 7) is 6.03. The van der Waals surface area contributed by atoms with Crippen LogP contribution < -0.4 is 16.4 Å². The van der Waals surface area contributed by atoms with Gasteiger partial charge < -0.3 is 21.3 Å². The number of hydrogen-bond donors (Lipinski definition) is 4. The number of benzene rings is 2. The average Bonchev–Trinajstić information content (AvgIpc) is 2.90. The van der Waals surface area contributed by atoms with Crippen LogP contribution in [0.15, 0.2) is 48.8 Å². The number of carbonyl (C=O) groups excluding carboxylic acids is 1. The smallest absolute Gasteiger partial charge is 0.150 e. The summed E-state index contributed by atoms with van der Waals surface area (Å²) in [6.07, 6.45) is 4.33. The summed E-state index contributed by atoms with van der Waals surface area (Å²) in [5.41, 5.74) is 11.4. The van der Waals surface area contributed by atoms with Crippen LogP contribution >= 0.6 is 0 Å². The second-order valence-corrected chi connectivity index (χ2v) is 9.14. The van der Waals surface area contributed by atoms with Gasteiger partial charge in [0, 0.05) is 29.9 Å². The van der Waals surface area contributed by atoms with Crippen LogP contribution in [0.4, 0.5) is 17.3 Å². The van der Waals surface area contributed by atoms with Crippen molar-refractivity contribution in [1.29, 1.82) is 5.41 Å². The van der Waals surface area contributed by atoms with Crippen LogP contribution in [0.1, 0.15) is 45.5 Å². The number of likely N-dealkylation sites (tertiary alicyclic amines) is 1. The van der Waals surface area contributed by atoms with E-state index in [1.807, 2.05) is 57.3 Å².